The maximum atomic E-state index is 11.7. The van der Waals surface area contributed by atoms with Crippen molar-refractivity contribution in [2.45, 2.75) is 17.7 Å². The van der Waals surface area contributed by atoms with Crippen molar-refractivity contribution in [1.29, 1.82) is 0 Å². The van der Waals surface area contributed by atoms with Gasteiger partial charge in [-0.15, -0.1) is 0 Å². The van der Waals surface area contributed by atoms with Gasteiger partial charge in [0.15, 0.2) is 9.84 Å². The zero-order valence-electron chi connectivity index (χ0n) is 7.82. The second kappa shape index (κ2) is 5.70. The summed E-state index contributed by atoms with van der Waals surface area (Å²) >= 11 is 2.26. The first-order valence-corrected chi connectivity index (χ1v) is 7.68. The van der Waals surface area contributed by atoms with E-state index in [1.165, 1.54) is 0 Å². The average Bonchev–Trinajstić information content (AvgIpc) is 2.19. The number of alkyl halides is 1. The van der Waals surface area contributed by atoms with Gasteiger partial charge in [0.05, 0.1) is 10.6 Å². The normalized spacial score (nSPS) is 11.5. The van der Waals surface area contributed by atoms with Gasteiger partial charge in [0.25, 0.3) is 0 Å². The second-order valence-corrected chi connectivity index (χ2v) is 6.22. The topological polar surface area (TPSA) is 34.1 Å². The molecule has 0 saturated carbocycles. The van der Waals surface area contributed by atoms with Crippen molar-refractivity contribution in [2.75, 3.05) is 10.2 Å². The van der Waals surface area contributed by atoms with E-state index in [1.807, 2.05) is 6.07 Å². The minimum absolute atomic E-state index is 0.264. The van der Waals surface area contributed by atoms with Crippen molar-refractivity contribution in [1.82, 2.24) is 0 Å². The lowest BCUT2D eigenvalue weighted by atomic mass is 10.4. The Balaban J connectivity index is 2.67. The molecule has 0 radical (unpaired) electrons. The van der Waals surface area contributed by atoms with Crippen LogP contribution in [-0.2, 0) is 9.84 Å². The molecule has 0 unspecified atom stereocenters. The van der Waals surface area contributed by atoms with Gasteiger partial charge in [0.1, 0.15) is 0 Å². The molecule has 0 aromatic heterocycles. The Morgan fingerprint density at radius 1 is 1.07 bits per heavy atom. The molecule has 14 heavy (non-hydrogen) atoms. The lowest BCUT2D eigenvalue weighted by Gasteiger charge is -2.02. The summed E-state index contributed by atoms with van der Waals surface area (Å²) in [6, 6.07) is 8.64. The number of rotatable bonds is 5. The molecule has 78 valence electrons. The van der Waals surface area contributed by atoms with Crippen LogP contribution in [-0.4, -0.2) is 18.6 Å². The van der Waals surface area contributed by atoms with E-state index >= 15 is 0 Å². The van der Waals surface area contributed by atoms with Crippen molar-refractivity contribution in [2.24, 2.45) is 0 Å². The van der Waals surface area contributed by atoms with Crippen LogP contribution >= 0.6 is 22.6 Å². The fraction of sp³-hybridized carbons (Fsp3) is 0.400. The number of halogens is 1. The summed E-state index contributed by atoms with van der Waals surface area (Å²) in [5.41, 5.74) is 0. The largest absolute Gasteiger partial charge is 0.224 e. The van der Waals surface area contributed by atoms with E-state index < -0.39 is 9.84 Å². The molecule has 2 nitrogen and oxygen atoms in total. The molecule has 0 heterocycles. The van der Waals surface area contributed by atoms with Crippen LogP contribution in [0.15, 0.2) is 35.2 Å². The zero-order chi connectivity index (χ0) is 10.4. The standard InChI is InChI=1S/C10H13IO2S/c11-8-4-5-9-14(12,13)10-6-2-1-3-7-10/h1-3,6-7H,4-5,8-9H2. The Bertz CT molecular complexity index is 359. The molecule has 0 amide bonds. The van der Waals surface area contributed by atoms with E-state index in [9.17, 15) is 8.42 Å². The van der Waals surface area contributed by atoms with Gasteiger partial charge in [-0.05, 0) is 29.4 Å². The first-order valence-electron chi connectivity index (χ1n) is 4.50. The summed E-state index contributed by atoms with van der Waals surface area (Å²) in [6.07, 6.45) is 1.72. The third-order valence-corrected chi connectivity index (χ3v) is 4.48. The van der Waals surface area contributed by atoms with Crippen LogP contribution in [0.2, 0.25) is 0 Å². The van der Waals surface area contributed by atoms with Crippen molar-refractivity contribution >= 4 is 32.4 Å². The van der Waals surface area contributed by atoms with Gasteiger partial charge in [-0.2, -0.15) is 0 Å². The van der Waals surface area contributed by atoms with Gasteiger partial charge in [-0.25, -0.2) is 8.42 Å². The minimum atomic E-state index is -3.04. The molecule has 1 aromatic carbocycles. The monoisotopic (exact) mass is 324 g/mol. The predicted octanol–water partition coefficient (Wildman–Crippen LogP) is 2.68. The van der Waals surface area contributed by atoms with Gasteiger partial charge in [-0.3, -0.25) is 0 Å². The summed E-state index contributed by atoms with van der Waals surface area (Å²) in [6.45, 7) is 0. The van der Waals surface area contributed by atoms with Gasteiger partial charge in [-0.1, -0.05) is 40.8 Å². The number of hydrogen-bond acceptors (Lipinski definition) is 2. The van der Waals surface area contributed by atoms with Crippen LogP contribution in [0.5, 0.6) is 0 Å². The van der Waals surface area contributed by atoms with Crippen molar-refractivity contribution < 1.29 is 8.42 Å². The van der Waals surface area contributed by atoms with Crippen molar-refractivity contribution in [3.63, 3.8) is 0 Å². The number of unbranched alkanes of at least 4 members (excludes halogenated alkanes) is 1. The van der Waals surface area contributed by atoms with Crippen molar-refractivity contribution in [3.8, 4) is 0 Å². The number of hydrogen-bond donors (Lipinski definition) is 0. The molecule has 0 N–H and O–H groups in total. The molecule has 0 atom stereocenters. The van der Waals surface area contributed by atoms with E-state index in [4.69, 9.17) is 0 Å². The number of sulfone groups is 1. The smallest absolute Gasteiger partial charge is 0.178 e. The highest BCUT2D eigenvalue weighted by atomic mass is 127. The van der Waals surface area contributed by atoms with Crippen molar-refractivity contribution in [3.05, 3.63) is 30.3 Å². The molecular formula is C10H13IO2S. The Labute approximate surface area is 98.8 Å². The molecule has 0 aliphatic heterocycles. The Morgan fingerprint density at radius 3 is 2.29 bits per heavy atom. The fourth-order valence-corrected chi connectivity index (χ4v) is 3.06. The summed E-state index contributed by atoms with van der Waals surface area (Å²) in [4.78, 5) is 0.438. The minimum Gasteiger partial charge on any atom is -0.224 e. The van der Waals surface area contributed by atoms with Crippen LogP contribution in [0.1, 0.15) is 12.8 Å². The summed E-state index contributed by atoms with van der Waals surface area (Å²) in [7, 11) is -3.04. The van der Waals surface area contributed by atoms with Crippen LogP contribution < -0.4 is 0 Å². The summed E-state index contributed by atoms with van der Waals surface area (Å²) in [5.74, 6) is 0.264. The van der Waals surface area contributed by atoms with Crippen LogP contribution in [0.3, 0.4) is 0 Å². The number of benzene rings is 1. The quantitative estimate of drug-likeness (QED) is 0.474. The average molecular weight is 324 g/mol. The Hall–Kier alpha value is -0.100. The fourth-order valence-electron chi connectivity index (χ4n) is 1.13. The lowest BCUT2D eigenvalue weighted by Crippen LogP contribution is -2.06. The third-order valence-electron chi connectivity index (χ3n) is 1.90. The third kappa shape index (κ3) is 3.57. The van der Waals surface area contributed by atoms with E-state index in [-0.39, 0.29) is 5.75 Å². The first kappa shape index (κ1) is 12.0. The molecule has 0 aliphatic rings. The maximum absolute atomic E-state index is 11.7. The van der Waals surface area contributed by atoms with Gasteiger partial charge in [0, 0.05) is 0 Å². The second-order valence-electron chi connectivity index (χ2n) is 3.03. The molecule has 4 heteroatoms. The van der Waals surface area contributed by atoms with Gasteiger partial charge >= 0.3 is 0 Å². The van der Waals surface area contributed by atoms with E-state index in [0.29, 0.717) is 4.90 Å². The van der Waals surface area contributed by atoms with E-state index in [0.717, 1.165) is 17.3 Å². The molecule has 1 rings (SSSR count). The zero-order valence-corrected chi connectivity index (χ0v) is 10.8. The summed E-state index contributed by atoms with van der Waals surface area (Å²) in [5, 5.41) is 0. The molecule has 0 bridgehead atoms. The molecule has 0 saturated heterocycles. The molecule has 0 fully saturated rings. The lowest BCUT2D eigenvalue weighted by molar-refractivity contribution is 0.593. The van der Waals surface area contributed by atoms with Crippen LogP contribution in [0.25, 0.3) is 0 Å². The van der Waals surface area contributed by atoms with Crippen LogP contribution in [0.4, 0.5) is 0 Å². The van der Waals surface area contributed by atoms with Gasteiger partial charge in [0.2, 0.25) is 0 Å². The summed E-state index contributed by atoms with van der Waals surface area (Å²) < 4.78 is 24.4. The first-order chi connectivity index (χ1) is 6.67. The predicted molar refractivity (Wildman–Crippen MR) is 66.6 cm³/mol. The van der Waals surface area contributed by atoms with E-state index in [2.05, 4.69) is 22.6 Å². The Morgan fingerprint density at radius 2 is 1.71 bits per heavy atom. The SMILES string of the molecule is O=S(=O)(CCCCI)c1ccccc1. The molecule has 1 aromatic rings. The highest BCUT2D eigenvalue weighted by Crippen LogP contribution is 2.12. The van der Waals surface area contributed by atoms with Crippen LogP contribution in [0, 0.1) is 0 Å². The van der Waals surface area contributed by atoms with E-state index in [1.54, 1.807) is 24.3 Å². The molecule has 0 aliphatic carbocycles. The Kier molecular flexibility index (Phi) is 4.88. The highest BCUT2D eigenvalue weighted by molar-refractivity contribution is 14.1. The maximum Gasteiger partial charge on any atom is 0.178 e. The van der Waals surface area contributed by atoms with Gasteiger partial charge < -0.3 is 0 Å². The molecular weight excluding hydrogens is 311 g/mol. The highest BCUT2D eigenvalue weighted by Gasteiger charge is 2.12. The molecule has 0 spiro atoms.